The number of hydrogen-bond donors (Lipinski definition) is 2. The van der Waals surface area contributed by atoms with Gasteiger partial charge in [-0.05, 0) is 29.2 Å². The predicted molar refractivity (Wildman–Crippen MR) is 131 cm³/mol. The van der Waals surface area contributed by atoms with Gasteiger partial charge in [0.25, 0.3) is 5.91 Å². The number of nitrogens with one attached hydrogen (secondary N) is 1. The maximum atomic E-state index is 14.7. The van der Waals surface area contributed by atoms with Crippen LogP contribution in [0.25, 0.3) is 11.5 Å². The Kier molecular flexibility index (Phi) is 6.62. The fourth-order valence-corrected chi connectivity index (χ4v) is 5.51. The van der Waals surface area contributed by atoms with Gasteiger partial charge in [-0.3, -0.25) is 4.79 Å². The number of aromatic nitrogens is 1. The molecule has 6 nitrogen and oxygen atoms in total. The summed E-state index contributed by atoms with van der Waals surface area (Å²) in [5, 5.41) is 13.7. The molecule has 3 aromatic rings. The molecule has 0 aliphatic carbocycles. The van der Waals surface area contributed by atoms with Crippen LogP contribution in [0.1, 0.15) is 43.8 Å². The van der Waals surface area contributed by atoms with Crippen LogP contribution in [-0.4, -0.2) is 52.3 Å². The lowest BCUT2D eigenvalue weighted by atomic mass is 9.79. The first-order chi connectivity index (χ1) is 17.5. The Morgan fingerprint density at radius 2 is 1.92 bits per heavy atom. The van der Waals surface area contributed by atoms with E-state index in [2.05, 4.69) is 10.3 Å². The third kappa shape index (κ3) is 4.78. The van der Waals surface area contributed by atoms with Gasteiger partial charge in [0.15, 0.2) is 0 Å². The molecule has 0 bridgehead atoms. The van der Waals surface area contributed by atoms with Crippen molar-refractivity contribution in [3.63, 3.8) is 0 Å². The van der Waals surface area contributed by atoms with Crippen molar-refractivity contribution in [1.29, 1.82) is 0 Å². The normalized spacial score (nSPS) is 24.8. The second kappa shape index (κ2) is 9.61. The monoisotopic (exact) mass is 513 g/mol. The van der Waals surface area contributed by atoms with Crippen LogP contribution in [0.4, 0.5) is 13.2 Å². The fraction of sp³-hybridized carbons (Fsp3) is 0.429. The molecule has 196 valence electrons. The van der Waals surface area contributed by atoms with E-state index in [-0.39, 0.29) is 31.0 Å². The predicted octanol–water partition coefficient (Wildman–Crippen LogP) is 4.43. The second-order valence-corrected chi connectivity index (χ2v) is 10.9. The zero-order valence-electron chi connectivity index (χ0n) is 20.9. The summed E-state index contributed by atoms with van der Waals surface area (Å²) in [5.74, 6) is -2.18. The smallest absolute Gasteiger partial charge is 0.253 e. The third-order valence-corrected chi connectivity index (χ3v) is 7.24. The van der Waals surface area contributed by atoms with Crippen LogP contribution in [0.3, 0.4) is 0 Å². The second-order valence-electron chi connectivity index (χ2n) is 10.9. The number of benzene rings is 2. The SMILES string of the molecule is CC(C)(C)C(c1nc(-c2cc(F)ccc2F)oc1Cc1ccccc1)N1CC2C(F)CNC2C(O)C1=O. The van der Waals surface area contributed by atoms with Crippen molar-refractivity contribution in [3.8, 4) is 11.5 Å². The van der Waals surface area contributed by atoms with Crippen molar-refractivity contribution in [2.24, 2.45) is 11.3 Å². The van der Waals surface area contributed by atoms with Crippen molar-refractivity contribution >= 4 is 5.91 Å². The van der Waals surface area contributed by atoms with Crippen molar-refractivity contribution < 1.29 is 27.5 Å². The Morgan fingerprint density at radius 3 is 2.62 bits per heavy atom. The van der Waals surface area contributed by atoms with Crippen molar-refractivity contribution in [2.45, 2.75) is 51.6 Å². The number of alkyl halides is 1. The van der Waals surface area contributed by atoms with E-state index in [1.807, 2.05) is 51.1 Å². The van der Waals surface area contributed by atoms with Gasteiger partial charge in [-0.15, -0.1) is 0 Å². The van der Waals surface area contributed by atoms with Crippen LogP contribution in [0, 0.1) is 23.0 Å². The lowest BCUT2D eigenvalue weighted by Crippen LogP contribution is -2.60. The van der Waals surface area contributed by atoms with Crippen LogP contribution in [0.5, 0.6) is 0 Å². The quantitative estimate of drug-likeness (QED) is 0.528. The van der Waals surface area contributed by atoms with Crippen LogP contribution >= 0.6 is 0 Å². The molecule has 0 radical (unpaired) electrons. The highest BCUT2D eigenvalue weighted by molar-refractivity contribution is 5.83. The number of rotatable bonds is 5. The van der Waals surface area contributed by atoms with Crippen molar-refractivity contribution in [1.82, 2.24) is 15.2 Å². The number of aliphatic hydroxyl groups is 1. The number of amides is 1. The Hall–Kier alpha value is -3.17. The maximum absolute atomic E-state index is 14.7. The van der Waals surface area contributed by atoms with Gasteiger partial charge in [-0.1, -0.05) is 51.1 Å². The van der Waals surface area contributed by atoms with Crippen LogP contribution in [-0.2, 0) is 11.2 Å². The summed E-state index contributed by atoms with van der Waals surface area (Å²) < 4.78 is 49.5. The molecule has 1 amide bonds. The zero-order valence-corrected chi connectivity index (χ0v) is 20.9. The van der Waals surface area contributed by atoms with Gasteiger partial charge >= 0.3 is 0 Å². The highest BCUT2D eigenvalue weighted by atomic mass is 19.1. The third-order valence-electron chi connectivity index (χ3n) is 7.24. The minimum Gasteiger partial charge on any atom is -0.440 e. The Bertz CT molecular complexity index is 1290. The first-order valence-electron chi connectivity index (χ1n) is 12.4. The molecule has 2 N–H and O–H groups in total. The van der Waals surface area contributed by atoms with Gasteiger partial charge in [-0.2, -0.15) is 0 Å². The summed E-state index contributed by atoms with van der Waals surface area (Å²) in [6.07, 6.45) is -2.33. The molecular weight excluding hydrogens is 483 g/mol. The summed E-state index contributed by atoms with van der Waals surface area (Å²) in [6, 6.07) is 11.1. The van der Waals surface area contributed by atoms with Crippen LogP contribution in [0.15, 0.2) is 52.9 Å². The Morgan fingerprint density at radius 1 is 1.19 bits per heavy atom. The highest BCUT2D eigenvalue weighted by Gasteiger charge is 2.52. The average Bonchev–Trinajstić information content (AvgIpc) is 3.42. The molecule has 5 atom stereocenters. The zero-order chi connectivity index (χ0) is 26.5. The first-order valence-corrected chi connectivity index (χ1v) is 12.4. The lowest BCUT2D eigenvalue weighted by Gasteiger charge is -2.46. The maximum Gasteiger partial charge on any atom is 0.253 e. The molecule has 2 aromatic carbocycles. The molecule has 1 aromatic heterocycles. The lowest BCUT2D eigenvalue weighted by molar-refractivity contribution is -0.155. The number of halogens is 3. The molecule has 5 rings (SSSR count). The standard InChI is InChI=1S/C28H30F3N3O3/c1-28(2,3)25(34-14-18-20(31)13-32-22(18)24(35)27(34)36)23-21(11-15-7-5-4-6-8-15)37-26(33-23)17-12-16(29)9-10-19(17)30/h4-10,12,18,20,22,24-25,32,35H,11,13-14H2,1-3H3. The molecular formula is C28H30F3N3O3. The minimum absolute atomic E-state index is 0.0694. The summed E-state index contributed by atoms with van der Waals surface area (Å²) in [6.45, 7) is 5.88. The van der Waals surface area contributed by atoms with E-state index in [1.165, 1.54) is 4.90 Å². The molecule has 5 unspecified atom stereocenters. The molecule has 2 aliphatic heterocycles. The summed E-state index contributed by atoms with van der Waals surface area (Å²) in [5.41, 5.74) is 0.505. The van der Waals surface area contributed by atoms with E-state index in [0.29, 0.717) is 11.5 Å². The minimum atomic E-state index is -1.41. The Balaban J connectivity index is 1.64. The average molecular weight is 514 g/mol. The highest BCUT2D eigenvalue weighted by Crippen LogP contribution is 2.44. The Labute approximate surface area is 213 Å². The number of oxazole rings is 1. The van der Waals surface area contributed by atoms with Gasteiger partial charge < -0.3 is 19.7 Å². The van der Waals surface area contributed by atoms with E-state index in [0.717, 1.165) is 23.8 Å². The molecule has 2 saturated heterocycles. The summed E-state index contributed by atoms with van der Waals surface area (Å²) in [7, 11) is 0. The molecule has 3 heterocycles. The number of carbonyl (C=O) groups excluding carboxylic acids is 1. The number of fused-ring (bicyclic) bond motifs is 1. The molecule has 0 saturated carbocycles. The van der Waals surface area contributed by atoms with Gasteiger partial charge in [0.05, 0.1) is 11.6 Å². The van der Waals surface area contributed by atoms with E-state index in [4.69, 9.17) is 4.42 Å². The number of piperidine rings is 1. The topological polar surface area (TPSA) is 78.6 Å². The molecule has 2 aliphatic rings. The van der Waals surface area contributed by atoms with Crippen molar-refractivity contribution in [3.05, 3.63) is 77.2 Å². The van der Waals surface area contributed by atoms with Gasteiger partial charge in [0.2, 0.25) is 5.89 Å². The largest absolute Gasteiger partial charge is 0.440 e. The number of carbonyl (C=O) groups is 1. The molecule has 9 heteroatoms. The van der Waals surface area contributed by atoms with Crippen LogP contribution < -0.4 is 5.32 Å². The van der Waals surface area contributed by atoms with Gasteiger partial charge in [-0.25, -0.2) is 18.2 Å². The summed E-state index contributed by atoms with van der Waals surface area (Å²) in [4.78, 5) is 19.5. The fourth-order valence-electron chi connectivity index (χ4n) is 5.51. The van der Waals surface area contributed by atoms with Gasteiger partial charge in [0, 0.05) is 31.5 Å². The van der Waals surface area contributed by atoms with Crippen molar-refractivity contribution in [2.75, 3.05) is 13.1 Å². The number of nitrogens with zero attached hydrogens (tertiary/aromatic N) is 2. The van der Waals surface area contributed by atoms with E-state index in [1.54, 1.807) is 0 Å². The number of aliphatic hydroxyl groups excluding tert-OH is 1. The number of likely N-dealkylation sites (tertiary alicyclic amines) is 1. The molecule has 2 fully saturated rings. The first kappa shape index (κ1) is 25.5. The molecule has 37 heavy (non-hydrogen) atoms. The number of hydrogen-bond acceptors (Lipinski definition) is 5. The van der Waals surface area contributed by atoms with E-state index >= 15 is 0 Å². The molecule has 0 spiro atoms. The van der Waals surface area contributed by atoms with E-state index < -0.39 is 53.2 Å². The summed E-state index contributed by atoms with van der Waals surface area (Å²) >= 11 is 0. The van der Waals surface area contributed by atoms with Gasteiger partial charge in [0.1, 0.15) is 35.4 Å². The van der Waals surface area contributed by atoms with Crippen LogP contribution in [0.2, 0.25) is 0 Å². The van der Waals surface area contributed by atoms with E-state index in [9.17, 15) is 23.1 Å².